The smallest absolute Gasteiger partial charge is 0.238 e. The Morgan fingerprint density at radius 1 is 1.65 bits per heavy atom. The molecule has 0 spiro atoms. The van der Waals surface area contributed by atoms with Crippen LogP contribution in [0.3, 0.4) is 0 Å². The fourth-order valence-corrected chi connectivity index (χ4v) is 1.68. The summed E-state index contributed by atoms with van der Waals surface area (Å²) in [6, 6.07) is 3.51. The van der Waals surface area contributed by atoms with Gasteiger partial charge in [0.25, 0.3) is 0 Å². The van der Waals surface area contributed by atoms with Crippen LogP contribution in [0, 0.1) is 12.3 Å². The van der Waals surface area contributed by atoms with Crippen LogP contribution in [0.15, 0.2) is 23.5 Å². The number of carbonyl (C=O) groups excluding carboxylic acids is 1. The first-order chi connectivity index (χ1) is 8.10. The van der Waals surface area contributed by atoms with Crippen molar-refractivity contribution >= 4 is 17.4 Å². The van der Waals surface area contributed by atoms with Gasteiger partial charge in [-0.25, -0.2) is 0 Å². The molecule has 1 aliphatic carbocycles. The van der Waals surface area contributed by atoms with E-state index in [0.29, 0.717) is 18.5 Å². The minimum Gasteiger partial charge on any atom is -0.409 e. The molecule has 0 aromatic carbocycles. The molecule has 1 aromatic heterocycles. The molecule has 0 unspecified atom stereocenters. The van der Waals surface area contributed by atoms with Crippen LogP contribution in [0.1, 0.15) is 18.5 Å². The molecule has 6 heteroatoms. The van der Waals surface area contributed by atoms with Gasteiger partial charge in [0.2, 0.25) is 5.91 Å². The highest BCUT2D eigenvalue weighted by molar-refractivity contribution is 6.14. The van der Waals surface area contributed by atoms with Crippen molar-refractivity contribution in [1.29, 1.82) is 0 Å². The molecule has 90 valence electrons. The number of hydrogen-bond donors (Lipinski definition) is 3. The van der Waals surface area contributed by atoms with Crippen LogP contribution >= 0.6 is 0 Å². The summed E-state index contributed by atoms with van der Waals surface area (Å²) in [6.45, 7) is 1.80. The Balaban J connectivity index is 2.16. The molecule has 2 rings (SSSR count). The third-order valence-corrected chi connectivity index (χ3v) is 3.04. The molecule has 1 fully saturated rings. The molecule has 1 heterocycles. The summed E-state index contributed by atoms with van der Waals surface area (Å²) in [6.07, 6.45) is 2.86. The van der Waals surface area contributed by atoms with E-state index in [4.69, 9.17) is 10.9 Å². The number of carbonyl (C=O) groups is 1. The lowest BCUT2D eigenvalue weighted by molar-refractivity contribution is -0.119. The van der Waals surface area contributed by atoms with Crippen LogP contribution in [-0.2, 0) is 4.79 Å². The summed E-state index contributed by atoms with van der Waals surface area (Å²) in [5.41, 5.74) is 6.07. The second-order valence-electron chi connectivity index (χ2n) is 4.16. The van der Waals surface area contributed by atoms with Crippen molar-refractivity contribution in [3.63, 3.8) is 0 Å². The Morgan fingerprint density at radius 3 is 2.88 bits per heavy atom. The minimum atomic E-state index is -0.836. The second-order valence-corrected chi connectivity index (χ2v) is 4.16. The van der Waals surface area contributed by atoms with Gasteiger partial charge in [-0.05, 0) is 31.9 Å². The van der Waals surface area contributed by atoms with Crippen molar-refractivity contribution in [2.75, 3.05) is 5.32 Å². The van der Waals surface area contributed by atoms with Gasteiger partial charge in [-0.1, -0.05) is 5.16 Å². The van der Waals surface area contributed by atoms with Crippen LogP contribution in [0.5, 0.6) is 0 Å². The zero-order chi connectivity index (χ0) is 12.5. The number of pyridine rings is 1. The van der Waals surface area contributed by atoms with Crippen LogP contribution < -0.4 is 11.1 Å². The lowest BCUT2D eigenvalue weighted by atomic mass is 10.1. The highest BCUT2D eigenvalue weighted by Crippen LogP contribution is 2.46. The SMILES string of the molecule is Cc1ncccc1NC(=O)C1(/C(N)=N/O)CC1. The topological polar surface area (TPSA) is 101 Å². The third-order valence-electron chi connectivity index (χ3n) is 3.04. The van der Waals surface area contributed by atoms with E-state index < -0.39 is 5.41 Å². The zero-order valence-corrected chi connectivity index (χ0v) is 9.47. The predicted octanol–water partition coefficient (Wildman–Crippen LogP) is 0.855. The molecule has 0 saturated heterocycles. The first kappa shape index (κ1) is 11.4. The summed E-state index contributed by atoms with van der Waals surface area (Å²) in [7, 11) is 0. The van der Waals surface area contributed by atoms with Gasteiger partial charge >= 0.3 is 0 Å². The van der Waals surface area contributed by atoms with Gasteiger partial charge in [0, 0.05) is 6.20 Å². The van der Waals surface area contributed by atoms with E-state index in [-0.39, 0.29) is 11.7 Å². The van der Waals surface area contributed by atoms with Crippen molar-refractivity contribution in [2.45, 2.75) is 19.8 Å². The molecule has 0 bridgehead atoms. The average Bonchev–Trinajstić information content (AvgIpc) is 3.12. The van der Waals surface area contributed by atoms with E-state index in [2.05, 4.69) is 15.5 Å². The van der Waals surface area contributed by atoms with E-state index in [0.717, 1.165) is 5.69 Å². The number of aryl methyl sites for hydroxylation is 1. The fourth-order valence-electron chi connectivity index (χ4n) is 1.68. The molecule has 0 aliphatic heterocycles. The van der Waals surface area contributed by atoms with Gasteiger partial charge in [0.1, 0.15) is 5.41 Å². The first-order valence-electron chi connectivity index (χ1n) is 5.31. The predicted molar refractivity (Wildman–Crippen MR) is 62.7 cm³/mol. The number of anilines is 1. The number of amides is 1. The lowest BCUT2D eigenvalue weighted by Crippen LogP contribution is -2.36. The molecule has 17 heavy (non-hydrogen) atoms. The molecule has 4 N–H and O–H groups in total. The molecular weight excluding hydrogens is 220 g/mol. The first-order valence-corrected chi connectivity index (χ1v) is 5.31. The van der Waals surface area contributed by atoms with Crippen molar-refractivity contribution < 1.29 is 10.0 Å². The Kier molecular flexibility index (Phi) is 2.71. The van der Waals surface area contributed by atoms with Crippen LogP contribution in [-0.4, -0.2) is 21.9 Å². The molecule has 6 nitrogen and oxygen atoms in total. The van der Waals surface area contributed by atoms with Crippen molar-refractivity contribution in [3.8, 4) is 0 Å². The van der Waals surface area contributed by atoms with Gasteiger partial charge in [0.15, 0.2) is 5.84 Å². The number of hydrogen-bond acceptors (Lipinski definition) is 4. The number of amidine groups is 1. The maximum Gasteiger partial charge on any atom is 0.238 e. The van der Waals surface area contributed by atoms with Gasteiger partial charge in [-0.2, -0.15) is 0 Å². The van der Waals surface area contributed by atoms with Crippen molar-refractivity contribution in [1.82, 2.24) is 4.98 Å². The molecule has 1 aliphatic rings. The van der Waals surface area contributed by atoms with E-state index in [1.54, 1.807) is 25.3 Å². The Morgan fingerprint density at radius 2 is 2.35 bits per heavy atom. The number of nitrogens with one attached hydrogen (secondary N) is 1. The van der Waals surface area contributed by atoms with Gasteiger partial charge in [-0.3, -0.25) is 9.78 Å². The number of nitrogens with two attached hydrogens (primary N) is 1. The minimum absolute atomic E-state index is 0.0310. The van der Waals surface area contributed by atoms with Gasteiger partial charge < -0.3 is 16.3 Å². The van der Waals surface area contributed by atoms with Crippen LogP contribution in [0.2, 0.25) is 0 Å². The summed E-state index contributed by atoms with van der Waals surface area (Å²) in [5.74, 6) is -0.277. The summed E-state index contributed by atoms with van der Waals surface area (Å²) in [4.78, 5) is 16.1. The zero-order valence-electron chi connectivity index (χ0n) is 9.47. The van der Waals surface area contributed by atoms with Crippen molar-refractivity contribution in [3.05, 3.63) is 24.0 Å². The normalized spacial score (nSPS) is 17.6. The molecule has 1 aromatic rings. The number of oxime groups is 1. The average molecular weight is 234 g/mol. The van der Waals surface area contributed by atoms with E-state index in [9.17, 15) is 4.79 Å². The maximum absolute atomic E-state index is 12.0. The Bertz CT molecular complexity index is 480. The van der Waals surface area contributed by atoms with Gasteiger partial charge in [0.05, 0.1) is 11.4 Å². The quantitative estimate of drug-likeness (QED) is 0.312. The van der Waals surface area contributed by atoms with Gasteiger partial charge in [-0.15, -0.1) is 0 Å². The number of rotatable bonds is 3. The van der Waals surface area contributed by atoms with Crippen LogP contribution in [0.4, 0.5) is 5.69 Å². The molecule has 0 radical (unpaired) electrons. The summed E-state index contributed by atoms with van der Waals surface area (Å²) < 4.78 is 0. The van der Waals surface area contributed by atoms with E-state index >= 15 is 0 Å². The van der Waals surface area contributed by atoms with E-state index in [1.165, 1.54) is 0 Å². The maximum atomic E-state index is 12.0. The Hall–Kier alpha value is -2.11. The monoisotopic (exact) mass is 234 g/mol. The standard InChI is InChI=1S/C11H14N4O2/c1-7-8(3-2-6-13-7)14-10(16)11(4-5-11)9(12)15-17/h2-3,6,17H,4-5H2,1H3,(H2,12,15)(H,14,16). The molecule has 1 amide bonds. The lowest BCUT2D eigenvalue weighted by Gasteiger charge is -2.14. The largest absolute Gasteiger partial charge is 0.409 e. The summed E-state index contributed by atoms with van der Waals surface area (Å²) >= 11 is 0. The molecular formula is C11H14N4O2. The highest BCUT2D eigenvalue weighted by atomic mass is 16.4. The second kappa shape index (κ2) is 4.04. The van der Waals surface area contributed by atoms with Crippen molar-refractivity contribution in [2.24, 2.45) is 16.3 Å². The molecule has 1 saturated carbocycles. The van der Waals surface area contributed by atoms with E-state index in [1.807, 2.05) is 0 Å². The highest BCUT2D eigenvalue weighted by Gasteiger charge is 2.54. The third kappa shape index (κ3) is 1.93. The molecule has 0 atom stereocenters. The summed E-state index contributed by atoms with van der Waals surface area (Å²) in [5, 5.41) is 14.3. The fraction of sp³-hybridized carbons (Fsp3) is 0.364. The number of nitrogens with zero attached hydrogens (tertiary/aromatic N) is 2. The van der Waals surface area contributed by atoms with Crippen LogP contribution in [0.25, 0.3) is 0 Å². The number of aromatic nitrogens is 1. The Labute approximate surface area is 98.5 Å².